The van der Waals surface area contributed by atoms with Gasteiger partial charge in [-0.05, 0) is 64.5 Å². The molecule has 3 aliphatic rings. The second-order valence-electron chi connectivity index (χ2n) is 13.2. The largest absolute Gasteiger partial charge is 0.389 e. The monoisotopic (exact) mass is 482 g/mol. The number of allylic oxidation sites excluding steroid dienone is 1. The summed E-state index contributed by atoms with van der Waals surface area (Å²) in [5.74, 6) is 0.512. The number of hydrogen-bond acceptors (Lipinski definition) is 4. The molecule has 4 rings (SSSR count). The maximum absolute atomic E-state index is 13.2. The number of aliphatic hydroxyl groups is 1. The fourth-order valence-corrected chi connectivity index (χ4v) is 5.25. The highest BCUT2D eigenvalue weighted by Crippen LogP contribution is 2.50. The van der Waals surface area contributed by atoms with Crippen LogP contribution in [0.15, 0.2) is 17.1 Å². The Balaban J connectivity index is 1.73. The Bertz CT molecular complexity index is 1010. The lowest BCUT2D eigenvalue weighted by Gasteiger charge is -2.33. The van der Waals surface area contributed by atoms with E-state index in [4.69, 9.17) is 4.99 Å². The van der Waals surface area contributed by atoms with Gasteiger partial charge in [-0.1, -0.05) is 47.0 Å². The second-order valence-corrected chi connectivity index (χ2v) is 13.2. The predicted molar refractivity (Wildman–Crippen MR) is 144 cm³/mol. The molecule has 194 valence electrons. The molecule has 2 heterocycles. The smallest absolute Gasteiger partial charge is 0.253 e. The van der Waals surface area contributed by atoms with E-state index in [-0.39, 0.29) is 29.4 Å². The van der Waals surface area contributed by atoms with E-state index in [0.29, 0.717) is 11.5 Å². The third kappa shape index (κ3) is 6.02. The van der Waals surface area contributed by atoms with Crippen molar-refractivity contribution in [3.8, 4) is 0 Å². The van der Waals surface area contributed by atoms with Crippen LogP contribution in [0.3, 0.4) is 0 Å². The van der Waals surface area contributed by atoms with E-state index < -0.39 is 5.60 Å². The van der Waals surface area contributed by atoms with Crippen LogP contribution in [-0.2, 0) is 6.54 Å². The minimum atomic E-state index is -0.949. The van der Waals surface area contributed by atoms with E-state index in [1.165, 1.54) is 44.9 Å². The van der Waals surface area contributed by atoms with Crippen LogP contribution in [0.2, 0.25) is 0 Å². The SMILES string of the molecule is Cc1c(C(=O)NCC(C)(C)O)cc(C2=CC(C(C)(C)C)=NC(C3(C)CC3)N2)n1CC1CCCCC1. The van der Waals surface area contributed by atoms with Crippen molar-refractivity contribution in [3.63, 3.8) is 0 Å². The molecule has 1 amide bonds. The van der Waals surface area contributed by atoms with Gasteiger partial charge in [0.05, 0.1) is 22.6 Å². The molecule has 0 aromatic carbocycles. The molecule has 0 saturated heterocycles. The molecule has 35 heavy (non-hydrogen) atoms. The number of rotatable bonds is 7. The van der Waals surface area contributed by atoms with Crippen molar-refractivity contribution < 1.29 is 9.90 Å². The van der Waals surface area contributed by atoms with Gasteiger partial charge < -0.3 is 20.3 Å². The fourth-order valence-electron chi connectivity index (χ4n) is 5.25. The summed E-state index contributed by atoms with van der Waals surface area (Å²) in [6.07, 6.45) is 11.0. The van der Waals surface area contributed by atoms with Gasteiger partial charge in [-0.3, -0.25) is 9.79 Å². The fraction of sp³-hybridized carbons (Fsp3) is 0.724. The van der Waals surface area contributed by atoms with Gasteiger partial charge in [0.15, 0.2) is 0 Å². The molecule has 2 saturated carbocycles. The van der Waals surface area contributed by atoms with E-state index >= 15 is 0 Å². The van der Waals surface area contributed by atoms with Crippen LogP contribution in [0.1, 0.15) is 108 Å². The van der Waals surface area contributed by atoms with Gasteiger partial charge in [-0.15, -0.1) is 0 Å². The summed E-state index contributed by atoms with van der Waals surface area (Å²) < 4.78 is 2.37. The van der Waals surface area contributed by atoms with Gasteiger partial charge in [0.2, 0.25) is 0 Å². The molecule has 6 nitrogen and oxygen atoms in total. The third-order valence-corrected chi connectivity index (χ3v) is 8.04. The van der Waals surface area contributed by atoms with E-state index in [1.807, 2.05) is 0 Å². The van der Waals surface area contributed by atoms with Gasteiger partial charge in [0.1, 0.15) is 6.17 Å². The van der Waals surface area contributed by atoms with Crippen molar-refractivity contribution in [2.45, 2.75) is 112 Å². The lowest BCUT2D eigenvalue weighted by atomic mass is 9.87. The molecule has 0 radical (unpaired) electrons. The van der Waals surface area contributed by atoms with Crippen LogP contribution in [0.4, 0.5) is 0 Å². The summed E-state index contributed by atoms with van der Waals surface area (Å²) in [7, 11) is 0. The first-order valence-electron chi connectivity index (χ1n) is 13.5. The van der Waals surface area contributed by atoms with E-state index in [1.54, 1.807) is 13.8 Å². The molecule has 3 N–H and O–H groups in total. The topological polar surface area (TPSA) is 78.7 Å². The number of amides is 1. The molecule has 1 aromatic heterocycles. The molecule has 0 bridgehead atoms. The first-order valence-corrected chi connectivity index (χ1v) is 13.5. The van der Waals surface area contributed by atoms with Crippen LogP contribution in [-0.4, -0.2) is 39.6 Å². The van der Waals surface area contributed by atoms with Crippen LogP contribution in [0, 0.1) is 23.7 Å². The van der Waals surface area contributed by atoms with E-state index in [9.17, 15) is 9.90 Å². The first kappa shape index (κ1) is 26.0. The van der Waals surface area contributed by atoms with Crippen molar-refractivity contribution in [2.75, 3.05) is 6.54 Å². The number of aliphatic imine (C=N–C) groups is 1. The lowest BCUT2D eigenvalue weighted by molar-refractivity contribution is 0.0694. The van der Waals surface area contributed by atoms with Gasteiger partial charge in [0, 0.05) is 35.3 Å². The number of nitrogens with zero attached hydrogens (tertiary/aromatic N) is 2. The minimum Gasteiger partial charge on any atom is -0.389 e. The highest BCUT2D eigenvalue weighted by molar-refractivity contribution is 6.05. The zero-order valence-electron chi connectivity index (χ0n) is 22.9. The second kappa shape index (κ2) is 9.42. The van der Waals surface area contributed by atoms with Crippen molar-refractivity contribution in [1.82, 2.24) is 15.2 Å². The Morgan fingerprint density at radius 2 is 1.86 bits per heavy atom. The Morgan fingerprint density at radius 3 is 2.43 bits per heavy atom. The summed E-state index contributed by atoms with van der Waals surface area (Å²) in [6.45, 7) is 15.6. The molecule has 2 fully saturated rings. The summed E-state index contributed by atoms with van der Waals surface area (Å²) >= 11 is 0. The summed E-state index contributed by atoms with van der Waals surface area (Å²) in [4.78, 5) is 18.4. The van der Waals surface area contributed by atoms with Crippen molar-refractivity contribution in [2.24, 2.45) is 21.7 Å². The van der Waals surface area contributed by atoms with Crippen molar-refractivity contribution >= 4 is 17.3 Å². The quantitative estimate of drug-likeness (QED) is 0.484. The Labute approximate surface area is 211 Å². The van der Waals surface area contributed by atoms with Gasteiger partial charge in [-0.25, -0.2) is 0 Å². The number of carbonyl (C=O) groups excluding carboxylic acids is 1. The minimum absolute atomic E-state index is 0.0560. The highest BCUT2D eigenvalue weighted by atomic mass is 16.3. The molecule has 0 spiro atoms. The third-order valence-electron chi connectivity index (χ3n) is 8.04. The zero-order chi connectivity index (χ0) is 25.6. The Hall–Kier alpha value is -2.08. The highest BCUT2D eigenvalue weighted by Gasteiger charge is 2.47. The number of hydrogen-bond donors (Lipinski definition) is 3. The molecule has 1 aromatic rings. The molecular formula is C29H46N4O2. The first-order chi connectivity index (χ1) is 16.3. The summed E-state index contributed by atoms with van der Waals surface area (Å²) in [6, 6.07) is 2.05. The Morgan fingerprint density at radius 1 is 1.20 bits per heavy atom. The van der Waals surface area contributed by atoms with Crippen molar-refractivity contribution in [1.29, 1.82) is 0 Å². The zero-order valence-corrected chi connectivity index (χ0v) is 22.9. The molecule has 1 atom stereocenters. The maximum atomic E-state index is 13.2. The molecular weight excluding hydrogens is 436 g/mol. The van der Waals surface area contributed by atoms with Crippen LogP contribution < -0.4 is 10.6 Å². The van der Waals surface area contributed by atoms with Crippen LogP contribution >= 0.6 is 0 Å². The molecule has 1 unspecified atom stereocenters. The average Bonchev–Trinajstić information content (AvgIpc) is 3.46. The summed E-state index contributed by atoms with van der Waals surface area (Å²) in [5, 5.41) is 16.8. The predicted octanol–water partition coefficient (Wildman–Crippen LogP) is 5.43. The maximum Gasteiger partial charge on any atom is 0.253 e. The summed E-state index contributed by atoms with van der Waals surface area (Å²) in [5.41, 5.74) is 4.14. The van der Waals surface area contributed by atoms with Crippen LogP contribution in [0.25, 0.3) is 5.70 Å². The number of carbonyl (C=O) groups is 1. The van der Waals surface area contributed by atoms with E-state index in [2.05, 4.69) is 62.0 Å². The molecule has 1 aliphatic heterocycles. The van der Waals surface area contributed by atoms with Crippen LogP contribution in [0.5, 0.6) is 0 Å². The number of aromatic nitrogens is 1. The van der Waals surface area contributed by atoms with Gasteiger partial charge in [-0.2, -0.15) is 0 Å². The Kier molecular flexibility index (Phi) is 7.00. The van der Waals surface area contributed by atoms with Crippen molar-refractivity contribution in [3.05, 3.63) is 29.1 Å². The van der Waals surface area contributed by atoms with E-state index in [0.717, 1.165) is 29.3 Å². The lowest BCUT2D eigenvalue weighted by Crippen LogP contribution is -2.40. The normalized spacial score (nSPS) is 22.8. The molecule has 2 aliphatic carbocycles. The number of nitrogens with one attached hydrogen (secondary N) is 2. The standard InChI is InChI=1S/C29H46N4O2/c1-19-21(25(34)30-18-28(5,6)35)15-23(33(19)17-20-11-9-8-10-12-20)22-16-24(27(2,3)4)32-26(31-22)29(7)13-14-29/h15-16,20,26,31,35H,8-14,17-18H2,1-7H3,(H,30,34). The van der Waals surface area contributed by atoms with Gasteiger partial charge >= 0.3 is 0 Å². The molecule has 6 heteroatoms. The van der Waals surface area contributed by atoms with Gasteiger partial charge in [0.25, 0.3) is 5.91 Å². The average molecular weight is 483 g/mol.